The zero-order valence-electron chi connectivity index (χ0n) is 10.7. The fourth-order valence-corrected chi connectivity index (χ4v) is 3.92. The number of rotatable bonds is 1. The quantitative estimate of drug-likeness (QED) is 0.842. The molecule has 92 valence electrons. The first-order chi connectivity index (χ1) is 8.15. The van der Waals surface area contributed by atoms with Gasteiger partial charge >= 0.3 is 0 Å². The summed E-state index contributed by atoms with van der Waals surface area (Å²) in [4.78, 5) is 2.84. The number of aromatic nitrogens is 2. The zero-order valence-corrected chi connectivity index (χ0v) is 11.5. The van der Waals surface area contributed by atoms with Crippen molar-refractivity contribution in [2.45, 2.75) is 38.6 Å². The van der Waals surface area contributed by atoms with Crippen LogP contribution in [-0.4, -0.2) is 22.4 Å². The van der Waals surface area contributed by atoms with Crippen LogP contribution in [0.4, 0.5) is 0 Å². The standard InChI is InChI=1S/C13H19N3S/c1-8-4-5-10(7-14-8)12-6-11-9(2)15-16(3)13(11)17-12/h6,8,10,14H,4-5,7H2,1-3H3. The number of nitrogens with one attached hydrogen (secondary N) is 1. The van der Waals surface area contributed by atoms with E-state index in [4.69, 9.17) is 0 Å². The van der Waals surface area contributed by atoms with Crippen molar-refractivity contribution in [2.24, 2.45) is 7.05 Å². The highest BCUT2D eigenvalue weighted by molar-refractivity contribution is 7.18. The van der Waals surface area contributed by atoms with Crippen LogP contribution in [0.25, 0.3) is 10.2 Å². The molecule has 3 nitrogen and oxygen atoms in total. The molecule has 2 aromatic rings. The van der Waals surface area contributed by atoms with Gasteiger partial charge in [-0.2, -0.15) is 5.10 Å². The molecular formula is C13H19N3S. The van der Waals surface area contributed by atoms with E-state index < -0.39 is 0 Å². The summed E-state index contributed by atoms with van der Waals surface area (Å²) in [7, 11) is 2.04. The van der Waals surface area contributed by atoms with E-state index in [1.54, 1.807) is 0 Å². The molecule has 1 saturated heterocycles. The van der Waals surface area contributed by atoms with Crippen LogP contribution < -0.4 is 5.32 Å². The lowest BCUT2D eigenvalue weighted by Crippen LogP contribution is -2.35. The molecule has 1 aliphatic heterocycles. The minimum absolute atomic E-state index is 0.684. The number of aryl methyl sites for hydroxylation is 2. The van der Waals surface area contributed by atoms with E-state index in [9.17, 15) is 0 Å². The fourth-order valence-electron chi connectivity index (χ4n) is 2.67. The summed E-state index contributed by atoms with van der Waals surface area (Å²) >= 11 is 1.91. The zero-order chi connectivity index (χ0) is 12.0. The number of fused-ring (bicyclic) bond motifs is 1. The molecule has 3 heterocycles. The van der Waals surface area contributed by atoms with Gasteiger partial charge in [0.1, 0.15) is 4.83 Å². The van der Waals surface area contributed by atoms with Gasteiger partial charge in [-0.3, -0.25) is 4.68 Å². The van der Waals surface area contributed by atoms with Crippen molar-refractivity contribution in [3.63, 3.8) is 0 Å². The molecule has 4 heteroatoms. The number of hydrogen-bond donors (Lipinski definition) is 1. The van der Waals surface area contributed by atoms with Crippen LogP contribution in [0.2, 0.25) is 0 Å². The van der Waals surface area contributed by atoms with Crippen LogP contribution in [0, 0.1) is 6.92 Å². The molecule has 2 atom stereocenters. The minimum Gasteiger partial charge on any atom is -0.314 e. The summed E-state index contributed by atoms with van der Waals surface area (Å²) in [6.07, 6.45) is 2.60. The first-order valence-corrected chi connectivity index (χ1v) is 7.13. The summed E-state index contributed by atoms with van der Waals surface area (Å²) in [5, 5.41) is 9.38. The van der Waals surface area contributed by atoms with Crippen molar-refractivity contribution >= 4 is 21.6 Å². The van der Waals surface area contributed by atoms with Crippen molar-refractivity contribution < 1.29 is 0 Å². The summed E-state index contributed by atoms with van der Waals surface area (Å²) in [5.74, 6) is 0.697. The maximum absolute atomic E-state index is 4.46. The van der Waals surface area contributed by atoms with E-state index in [0.717, 1.165) is 12.2 Å². The van der Waals surface area contributed by atoms with Crippen molar-refractivity contribution in [1.82, 2.24) is 15.1 Å². The molecule has 0 bridgehead atoms. The highest BCUT2D eigenvalue weighted by atomic mass is 32.1. The van der Waals surface area contributed by atoms with Crippen molar-refractivity contribution in [2.75, 3.05) is 6.54 Å². The van der Waals surface area contributed by atoms with Gasteiger partial charge in [0, 0.05) is 35.8 Å². The third-order valence-corrected chi connectivity index (χ3v) is 5.14. The molecule has 3 rings (SSSR count). The Balaban J connectivity index is 1.93. The Kier molecular flexibility index (Phi) is 2.71. The summed E-state index contributed by atoms with van der Waals surface area (Å²) in [6.45, 7) is 5.50. The van der Waals surface area contributed by atoms with Crippen LogP contribution in [0.15, 0.2) is 6.07 Å². The second kappa shape index (κ2) is 4.10. The topological polar surface area (TPSA) is 29.9 Å². The molecule has 0 spiro atoms. The SMILES string of the molecule is Cc1nn(C)c2sc(C3CCC(C)NC3)cc12. The number of nitrogens with zero attached hydrogens (tertiary/aromatic N) is 2. The molecule has 0 aromatic carbocycles. The summed E-state index contributed by atoms with van der Waals surface area (Å²) in [5.41, 5.74) is 1.15. The van der Waals surface area contributed by atoms with E-state index in [1.807, 2.05) is 23.1 Å². The van der Waals surface area contributed by atoms with Crippen molar-refractivity contribution in [3.05, 3.63) is 16.6 Å². The van der Waals surface area contributed by atoms with Gasteiger partial charge in [-0.15, -0.1) is 11.3 Å². The van der Waals surface area contributed by atoms with E-state index in [-0.39, 0.29) is 0 Å². The number of piperidine rings is 1. The molecule has 1 aliphatic rings. The van der Waals surface area contributed by atoms with Crippen LogP contribution in [0.5, 0.6) is 0 Å². The monoisotopic (exact) mass is 249 g/mol. The maximum atomic E-state index is 4.46. The van der Waals surface area contributed by atoms with Gasteiger partial charge in [-0.25, -0.2) is 0 Å². The normalized spacial score (nSPS) is 25.6. The lowest BCUT2D eigenvalue weighted by Gasteiger charge is -2.26. The Morgan fingerprint density at radius 3 is 2.94 bits per heavy atom. The fraction of sp³-hybridized carbons (Fsp3) is 0.615. The van der Waals surface area contributed by atoms with Crippen LogP contribution in [-0.2, 0) is 7.05 Å². The molecule has 2 unspecified atom stereocenters. The van der Waals surface area contributed by atoms with E-state index in [0.29, 0.717) is 12.0 Å². The molecule has 1 fully saturated rings. The van der Waals surface area contributed by atoms with Gasteiger partial charge in [0.25, 0.3) is 0 Å². The molecule has 2 aromatic heterocycles. The molecular weight excluding hydrogens is 230 g/mol. The van der Waals surface area contributed by atoms with Gasteiger partial charge in [-0.1, -0.05) is 0 Å². The smallest absolute Gasteiger partial charge is 0.121 e. The average molecular weight is 249 g/mol. The molecule has 17 heavy (non-hydrogen) atoms. The van der Waals surface area contributed by atoms with Gasteiger partial charge in [0.15, 0.2) is 0 Å². The molecule has 0 saturated carbocycles. The molecule has 0 aliphatic carbocycles. The van der Waals surface area contributed by atoms with Crippen LogP contribution in [0.1, 0.15) is 36.3 Å². The lowest BCUT2D eigenvalue weighted by molar-refractivity contribution is 0.388. The van der Waals surface area contributed by atoms with Gasteiger partial charge in [0.05, 0.1) is 5.69 Å². The van der Waals surface area contributed by atoms with Crippen LogP contribution in [0.3, 0.4) is 0 Å². The Morgan fingerprint density at radius 2 is 2.29 bits per heavy atom. The predicted octanol–water partition coefficient (Wildman–Crippen LogP) is 2.80. The highest BCUT2D eigenvalue weighted by Crippen LogP contribution is 2.35. The largest absolute Gasteiger partial charge is 0.314 e. The maximum Gasteiger partial charge on any atom is 0.121 e. The van der Waals surface area contributed by atoms with Crippen molar-refractivity contribution in [3.8, 4) is 0 Å². The van der Waals surface area contributed by atoms with Gasteiger partial charge in [-0.05, 0) is 32.8 Å². The average Bonchev–Trinajstić information content (AvgIpc) is 2.83. The number of thiophene rings is 1. The summed E-state index contributed by atoms with van der Waals surface area (Å²) < 4.78 is 2.01. The van der Waals surface area contributed by atoms with E-state index >= 15 is 0 Å². The predicted molar refractivity (Wildman–Crippen MR) is 72.8 cm³/mol. The van der Waals surface area contributed by atoms with E-state index in [1.165, 1.54) is 27.9 Å². The molecule has 1 N–H and O–H groups in total. The van der Waals surface area contributed by atoms with Crippen LogP contribution >= 0.6 is 11.3 Å². The number of hydrogen-bond acceptors (Lipinski definition) is 3. The van der Waals surface area contributed by atoms with E-state index in [2.05, 4.69) is 30.3 Å². The third kappa shape index (κ3) is 1.89. The Hall–Kier alpha value is -0.870. The summed E-state index contributed by atoms with van der Waals surface area (Å²) in [6, 6.07) is 3.04. The molecule has 0 amide bonds. The van der Waals surface area contributed by atoms with Crippen molar-refractivity contribution in [1.29, 1.82) is 0 Å². The second-order valence-electron chi connectivity index (χ2n) is 5.16. The van der Waals surface area contributed by atoms with Gasteiger partial charge in [0.2, 0.25) is 0 Å². The lowest BCUT2D eigenvalue weighted by atomic mass is 9.94. The Morgan fingerprint density at radius 1 is 1.47 bits per heavy atom. The Labute approximate surface area is 106 Å². The van der Waals surface area contributed by atoms with Gasteiger partial charge < -0.3 is 5.32 Å². The Bertz CT molecular complexity index is 498. The highest BCUT2D eigenvalue weighted by Gasteiger charge is 2.22. The minimum atomic E-state index is 0.684. The second-order valence-corrected chi connectivity index (χ2v) is 6.22. The third-order valence-electron chi connectivity index (χ3n) is 3.78. The molecule has 0 radical (unpaired) electrons. The first kappa shape index (κ1) is 11.2. The first-order valence-electron chi connectivity index (χ1n) is 6.31.